The van der Waals surface area contributed by atoms with E-state index in [4.69, 9.17) is 0 Å². The van der Waals surface area contributed by atoms with Crippen molar-refractivity contribution in [1.82, 2.24) is 9.88 Å². The van der Waals surface area contributed by atoms with E-state index >= 15 is 0 Å². The first-order valence-electron chi connectivity index (χ1n) is 11.5. The van der Waals surface area contributed by atoms with Gasteiger partial charge in [-0.05, 0) is 66.1 Å². The maximum Gasteiger partial charge on any atom is 0.305 e. The molecule has 1 heterocycles. The molecule has 1 aromatic heterocycles. The van der Waals surface area contributed by atoms with Gasteiger partial charge in [-0.2, -0.15) is 0 Å². The molecule has 2 atom stereocenters. The van der Waals surface area contributed by atoms with E-state index < -0.39 is 5.97 Å². The Morgan fingerprint density at radius 2 is 1.67 bits per heavy atom. The zero-order chi connectivity index (χ0) is 24.0. The number of nitrogens with zero attached hydrogens (tertiary/aromatic N) is 1. The molecular formula is C28H34N2O3. The van der Waals surface area contributed by atoms with Gasteiger partial charge in [0.15, 0.2) is 0 Å². The quantitative estimate of drug-likeness (QED) is 0.430. The van der Waals surface area contributed by atoms with Gasteiger partial charge in [-0.25, -0.2) is 0 Å². The topological polar surface area (TPSA) is 71.3 Å². The fourth-order valence-electron chi connectivity index (χ4n) is 4.36. The Bertz CT molecular complexity index is 1150. The molecule has 0 amide bonds. The number of carbonyl (C=O) groups is 1. The zero-order valence-corrected chi connectivity index (χ0v) is 19.9. The lowest BCUT2D eigenvalue weighted by molar-refractivity contribution is -0.137. The number of benzene rings is 2. The molecule has 33 heavy (non-hydrogen) atoms. The average Bonchev–Trinajstić information content (AvgIpc) is 2.76. The van der Waals surface area contributed by atoms with Gasteiger partial charge in [0.1, 0.15) is 0 Å². The molecule has 0 aliphatic carbocycles. The van der Waals surface area contributed by atoms with Crippen molar-refractivity contribution in [1.29, 1.82) is 0 Å². The monoisotopic (exact) mass is 446 g/mol. The summed E-state index contributed by atoms with van der Waals surface area (Å²) in [6.45, 7) is 8.93. The molecule has 0 aliphatic heterocycles. The fourth-order valence-corrected chi connectivity index (χ4v) is 4.36. The van der Waals surface area contributed by atoms with E-state index in [1.807, 2.05) is 30.5 Å². The van der Waals surface area contributed by atoms with Crippen molar-refractivity contribution in [3.05, 3.63) is 93.9 Å². The van der Waals surface area contributed by atoms with Gasteiger partial charge >= 0.3 is 5.97 Å². The minimum Gasteiger partial charge on any atom is -0.481 e. The van der Waals surface area contributed by atoms with Gasteiger partial charge in [-0.1, -0.05) is 56.3 Å². The third-order valence-corrected chi connectivity index (χ3v) is 6.07. The van der Waals surface area contributed by atoms with Crippen LogP contribution in [-0.4, -0.2) is 22.2 Å². The number of pyridine rings is 1. The van der Waals surface area contributed by atoms with Crippen molar-refractivity contribution in [2.45, 2.75) is 52.6 Å². The number of carboxylic acids is 1. The highest BCUT2D eigenvalue weighted by atomic mass is 16.4. The summed E-state index contributed by atoms with van der Waals surface area (Å²) < 4.78 is 1.75. The summed E-state index contributed by atoms with van der Waals surface area (Å²) in [7, 11) is 0. The Morgan fingerprint density at radius 1 is 0.970 bits per heavy atom. The predicted molar refractivity (Wildman–Crippen MR) is 134 cm³/mol. The molecule has 0 aliphatic rings. The van der Waals surface area contributed by atoms with Crippen LogP contribution in [0.2, 0.25) is 0 Å². The first-order chi connectivity index (χ1) is 15.8. The van der Waals surface area contributed by atoms with Gasteiger partial charge < -0.3 is 15.0 Å². The SMILES string of the molecule is Cc1ccccc1-c1cc(C(CC(=O)O)NCC(CC(C)C)n2ccccc2=O)ccc1C. The summed E-state index contributed by atoms with van der Waals surface area (Å²) in [6.07, 6.45) is 2.60. The molecule has 174 valence electrons. The smallest absolute Gasteiger partial charge is 0.305 e. The van der Waals surface area contributed by atoms with Crippen LogP contribution in [0.15, 0.2) is 71.7 Å². The highest BCUT2D eigenvalue weighted by Gasteiger charge is 2.21. The van der Waals surface area contributed by atoms with Crippen LogP contribution in [0.4, 0.5) is 0 Å². The normalized spacial score (nSPS) is 13.1. The molecule has 2 unspecified atom stereocenters. The van der Waals surface area contributed by atoms with Crippen molar-refractivity contribution in [2.75, 3.05) is 6.54 Å². The van der Waals surface area contributed by atoms with Crippen LogP contribution < -0.4 is 10.9 Å². The number of rotatable bonds is 10. The highest BCUT2D eigenvalue weighted by Crippen LogP contribution is 2.30. The lowest BCUT2D eigenvalue weighted by Gasteiger charge is -2.26. The number of aliphatic carboxylic acids is 1. The Labute approximate surface area is 196 Å². The van der Waals surface area contributed by atoms with Gasteiger partial charge in [0.25, 0.3) is 5.56 Å². The van der Waals surface area contributed by atoms with Gasteiger partial charge in [-0.15, -0.1) is 0 Å². The molecule has 0 radical (unpaired) electrons. The highest BCUT2D eigenvalue weighted by molar-refractivity contribution is 5.72. The number of hydrogen-bond donors (Lipinski definition) is 2. The summed E-state index contributed by atoms with van der Waals surface area (Å²) >= 11 is 0. The lowest BCUT2D eigenvalue weighted by atomic mass is 9.92. The standard InChI is InChI=1S/C28H34N2O3/c1-19(2)15-23(30-14-8-7-11-27(30)31)18-29-26(17-28(32)33)22-13-12-21(4)25(16-22)24-10-6-5-9-20(24)3/h5-14,16,19,23,26,29H,15,17-18H2,1-4H3,(H,32,33). The van der Waals surface area contributed by atoms with Crippen LogP contribution in [0, 0.1) is 19.8 Å². The third kappa shape index (κ3) is 6.42. The Balaban J connectivity index is 1.92. The van der Waals surface area contributed by atoms with E-state index in [2.05, 4.69) is 57.3 Å². The summed E-state index contributed by atoms with van der Waals surface area (Å²) in [6, 6.07) is 19.1. The number of aromatic nitrogens is 1. The number of nitrogens with one attached hydrogen (secondary N) is 1. The summed E-state index contributed by atoms with van der Waals surface area (Å²) in [5.41, 5.74) is 5.48. The minimum atomic E-state index is -0.859. The maximum absolute atomic E-state index is 12.4. The second kappa shape index (κ2) is 11.1. The molecule has 0 saturated carbocycles. The largest absolute Gasteiger partial charge is 0.481 e. The van der Waals surface area contributed by atoms with Crippen LogP contribution in [0.1, 0.15) is 55.5 Å². The second-order valence-corrected chi connectivity index (χ2v) is 9.18. The van der Waals surface area contributed by atoms with E-state index in [-0.39, 0.29) is 24.1 Å². The molecule has 3 aromatic rings. The predicted octanol–water partition coefficient (Wildman–Crippen LogP) is 5.52. The van der Waals surface area contributed by atoms with Crippen molar-refractivity contribution in [2.24, 2.45) is 5.92 Å². The zero-order valence-electron chi connectivity index (χ0n) is 19.9. The van der Waals surface area contributed by atoms with Gasteiger partial charge in [-0.3, -0.25) is 9.59 Å². The molecule has 5 nitrogen and oxygen atoms in total. The number of hydrogen-bond acceptors (Lipinski definition) is 3. The Hall–Kier alpha value is -3.18. The molecular weight excluding hydrogens is 412 g/mol. The summed E-state index contributed by atoms with van der Waals surface area (Å²) in [4.78, 5) is 24.2. The van der Waals surface area contributed by atoms with Crippen LogP contribution in [-0.2, 0) is 4.79 Å². The molecule has 0 saturated heterocycles. The molecule has 5 heteroatoms. The van der Waals surface area contributed by atoms with E-state index in [1.54, 1.807) is 16.7 Å². The molecule has 0 bridgehead atoms. The van der Waals surface area contributed by atoms with Crippen molar-refractivity contribution < 1.29 is 9.90 Å². The van der Waals surface area contributed by atoms with Gasteiger partial charge in [0, 0.05) is 30.9 Å². The summed E-state index contributed by atoms with van der Waals surface area (Å²) in [5, 5.41) is 13.1. The second-order valence-electron chi connectivity index (χ2n) is 9.18. The third-order valence-electron chi connectivity index (χ3n) is 6.07. The number of aryl methyl sites for hydroxylation is 2. The van der Waals surface area contributed by atoms with E-state index in [0.29, 0.717) is 12.5 Å². The molecule has 3 rings (SSSR count). The van der Waals surface area contributed by atoms with Gasteiger partial charge in [0.05, 0.1) is 6.42 Å². The van der Waals surface area contributed by atoms with Crippen LogP contribution in [0.3, 0.4) is 0 Å². The first-order valence-corrected chi connectivity index (χ1v) is 11.5. The molecule has 2 aromatic carbocycles. The average molecular weight is 447 g/mol. The first kappa shape index (κ1) is 24.5. The van der Waals surface area contributed by atoms with E-state index in [0.717, 1.165) is 28.7 Å². The van der Waals surface area contributed by atoms with Crippen molar-refractivity contribution in [3.8, 4) is 11.1 Å². The Kier molecular flexibility index (Phi) is 8.23. The fraction of sp³-hybridized carbons (Fsp3) is 0.357. The number of carboxylic acid groups (broad SMARTS) is 1. The summed E-state index contributed by atoms with van der Waals surface area (Å²) in [5.74, 6) is -0.461. The van der Waals surface area contributed by atoms with Crippen LogP contribution in [0.25, 0.3) is 11.1 Å². The van der Waals surface area contributed by atoms with E-state index in [9.17, 15) is 14.7 Å². The van der Waals surface area contributed by atoms with E-state index in [1.165, 1.54) is 5.56 Å². The van der Waals surface area contributed by atoms with Crippen LogP contribution in [0.5, 0.6) is 0 Å². The molecule has 0 fully saturated rings. The van der Waals surface area contributed by atoms with Crippen molar-refractivity contribution in [3.63, 3.8) is 0 Å². The van der Waals surface area contributed by atoms with Crippen LogP contribution >= 0.6 is 0 Å². The van der Waals surface area contributed by atoms with Crippen molar-refractivity contribution >= 4 is 5.97 Å². The molecule has 2 N–H and O–H groups in total. The maximum atomic E-state index is 12.4. The lowest BCUT2D eigenvalue weighted by Crippen LogP contribution is -2.35. The van der Waals surface area contributed by atoms with Gasteiger partial charge in [0.2, 0.25) is 0 Å². The molecule has 0 spiro atoms. The minimum absolute atomic E-state index is 0.0334. The Morgan fingerprint density at radius 3 is 2.33 bits per heavy atom.